The number of benzene rings is 1. The normalized spacial score (nSPS) is 17.8. The minimum atomic E-state index is -0.371. The summed E-state index contributed by atoms with van der Waals surface area (Å²) in [6.45, 7) is 1.52. The minimum Gasteiger partial charge on any atom is -0.329 e. The van der Waals surface area contributed by atoms with E-state index in [0.29, 0.717) is 6.54 Å². The van der Waals surface area contributed by atoms with Crippen LogP contribution in [0.5, 0.6) is 0 Å². The molecule has 1 unspecified atom stereocenters. The van der Waals surface area contributed by atoms with Gasteiger partial charge in [0.2, 0.25) is 0 Å². The van der Waals surface area contributed by atoms with Crippen molar-refractivity contribution in [3.63, 3.8) is 0 Å². The SMILES string of the molecule is CN(CC1CCC1)C(CN)c1ccc(Cl)c(F)c1. The highest BCUT2D eigenvalue weighted by Crippen LogP contribution is 2.30. The van der Waals surface area contributed by atoms with Crippen LogP contribution < -0.4 is 5.73 Å². The van der Waals surface area contributed by atoms with E-state index in [9.17, 15) is 4.39 Å². The standard InChI is InChI=1S/C14H20ClFN2/c1-18(9-10-3-2-4-10)14(8-17)11-5-6-12(15)13(16)7-11/h5-7,10,14H,2-4,8-9,17H2,1H3. The first kappa shape index (κ1) is 13.8. The van der Waals surface area contributed by atoms with Gasteiger partial charge in [0.25, 0.3) is 0 Å². The van der Waals surface area contributed by atoms with E-state index in [-0.39, 0.29) is 16.9 Å². The maximum Gasteiger partial charge on any atom is 0.142 e. The smallest absolute Gasteiger partial charge is 0.142 e. The molecule has 2 N–H and O–H groups in total. The molecular weight excluding hydrogens is 251 g/mol. The minimum absolute atomic E-state index is 0.0670. The molecule has 1 saturated carbocycles. The van der Waals surface area contributed by atoms with E-state index in [1.54, 1.807) is 6.07 Å². The van der Waals surface area contributed by atoms with Crippen LogP contribution in [-0.4, -0.2) is 25.0 Å². The Balaban J connectivity index is 2.08. The molecule has 2 rings (SSSR count). The summed E-state index contributed by atoms with van der Waals surface area (Å²) in [6.07, 6.45) is 3.94. The van der Waals surface area contributed by atoms with Crippen LogP contribution in [0, 0.1) is 11.7 Å². The highest BCUT2D eigenvalue weighted by atomic mass is 35.5. The lowest BCUT2D eigenvalue weighted by Gasteiger charge is -2.34. The van der Waals surface area contributed by atoms with Gasteiger partial charge in [-0.2, -0.15) is 0 Å². The summed E-state index contributed by atoms with van der Waals surface area (Å²) in [7, 11) is 2.06. The van der Waals surface area contributed by atoms with Gasteiger partial charge in [-0.15, -0.1) is 0 Å². The molecule has 0 spiro atoms. The molecule has 0 radical (unpaired) electrons. The van der Waals surface area contributed by atoms with Gasteiger partial charge in [-0.3, -0.25) is 4.90 Å². The number of rotatable bonds is 5. The lowest BCUT2D eigenvalue weighted by molar-refractivity contribution is 0.164. The molecule has 18 heavy (non-hydrogen) atoms. The molecule has 1 aromatic carbocycles. The van der Waals surface area contributed by atoms with Crippen LogP contribution in [0.15, 0.2) is 18.2 Å². The van der Waals surface area contributed by atoms with Crippen molar-refractivity contribution >= 4 is 11.6 Å². The molecule has 1 atom stereocenters. The molecule has 2 nitrogen and oxygen atoms in total. The molecule has 1 aliphatic rings. The highest BCUT2D eigenvalue weighted by Gasteiger charge is 2.23. The van der Waals surface area contributed by atoms with Gasteiger partial charge in [0.1, 0.15) is 5.82 Å². The van der Waals surface area contributed by atoms with E-state index in [1.807, 2.05) is 6.07 Å². The number of hydrogen-bond donors (Lipinski definition) is 1. The van der Waals surface area contributed by atoms with Crippen molar-refractivity contribution in [1.82, 2.24) is 4.90 Å². The number of nitrogens with zero attached hydrogens (tertiary/aromatic N) is 1. The summed E-state index contributed by atoms with van der Waals surface area (Å²) >= 11 is 5.70. The molecule has 100 valence electrons. The Morgan fingerprint density at radius 2 is 2.22 bits per heavy atom. The highest BCUT2D eigenvalue weighted by molar-refractivity contribution is 6.30. The fraction of sp³-hybridized carbons (Fsp3) is 0.571. The summed E-state index contributed by atoms with van der Waals surface area (Å²) in [5.41, 5.74) is 6.74. The van der Waals surface area contributed by atoms with Crippen molar-refractivity contribution in [3.05, 3.63) is 34.6 Å². The van der Waals surface area contributed by atoms with Crippen molar-refractivity contribution in [1.29, 1.82) is 0 Å². The van der Waals surface area contributed by atoms with Gasteiger partial charge in [-0.1, -0.05) is 24.1 Å². The molecular formula is C14H20ClFN2. The quantitative estimate of drug-likeness (QED) is 0.890. The van der Waals surface area contributed by atoms with Crippen molar-refractivity contribution in [2.75, 3.05) is 20.1 Å². The zero-order valence-corrected chi connectivity index (χ0v) is 11.5. The van der Waals surface area contributed by atoms with Crippen molar-refractivity contribution < 1.29 is 4.39 Å². The third-order valence-corrected chi connectivity index (χ3v) is 4.16. The van der Waals surface area contributed by atoms with Crippen LogP contribution in [0.3, 0.4) is 0 Å². The Labute approximate surface area is 113 Å². The second kappa shape index (κ2) is 6.00. The average Bonchev–Trinajstić information content (AvgIpc) is 2.29. The lowest BCUT2D eigenvalue weighted by atomic mass is 9.85. The molecule has 0 aliphatic heterocycles. The molecule has 0 aromatic heterocycles. The zero-order valence-electron chi connectivity index (χ0n) is 10.7. The van der Waals surface area contributed by atoms with Crippen LogP contribution in [0.4, 0.5) is 4.39 Å². The Hall–Kier alpha value is -0.640. The predicted molar refractivity (Wildman–Crippen MR) is 73.2 cm³/mol. The maximum atomic E-state index is 13.5. The molecule has 0 bridgehead atoms. The van der Waals surface area contributed by atoms with Crippen LogP contribution in [0.2, 0.25) is 5.02 Å². The van der Waals surface area contributed by atoms with Crippen molar-refractivity contribution in [2.24, 2.45) is 11.7 Å². The van der Waals surface area contributed by atoms with Crippen molar-refractivity contribution in [2.45, 2.75) is 25.3 Å². The number of hydrogen-bond acceptors (Lipinski definition) is 2. The molecule has 4 heteroatoms. The molecule has 0 saturated heterocycles. The summed E-state index contributed by atoms with van der Waals surface area (Å²) in [4.78, 5) is 2.23. The van der Waals surface area contributed by atoms with E-state index < -0.39 is 0 Å². The Kier molecular flexibility index (Phi) is 4.60. The molecule has 1 fully saturated rings. The van der Waals surface area contributed by atoms with E-state index in [4.69, 9.17) is 17.3 Å². The molecule has 0 amide bonds. The Bertz CT molecular complexity index is 407. The van der Waals surface area contributed by atoms with Gasteiger partial charge in [-0.05, 0) is 43.5 Å². The van der Waals surface area contributed by atoms with E-state index >= 15 is 0 Å². The molecule has 0 heterocycles. The topological polar surface area (TPSA) is 29.3 Å². The predicted octanol–water partition coefficient (Wildman–Crippen LogP) is 3.21. The van der Waals surface area contributed by atoms with Gasteiger partial charge in [0, 0.05) is 19.1 Å². The lowest BCUT2D eigenvalue weighted by Crippen LogP contribution is -2.36. The van der Waals surface area contributed by atoms with Crippen LogP contribution in [-0.2, 0) is 0 Å². The first-order valence-electron chi connectivity index (χ1n) is 6.47. The largest absolute Gasteiger partial charge is 0.329 e. The third-order valence-electron chi connectivity index (χ3n) is 3.85. The maximum absolute atomic E-state index is 13.5. The zero-order chi connectivity index (χ0) is 13.1. The summed E-state index contributed by atoms with van der Waals surface area (Å²) < 4.78 is 13.5. The Morgan fingerprint density at radius 3 is 2.72 bits per heavy atom. The second-order valence-electron chi connectivity index (χ2n) is 5.16. The van der Waals surface area contributed by atoms with E-state index in [2.05, 4.69) is 11.9 Å². The van der Waals surface area contributed by atoms with Gasteiger partial charge in [0.15, 0.2) is 0 Å². The van der Waals surface area contributed by atoms with Gasteiger partial charge >= 0.3 is 0 Å². The summed E-state index contributed by atoms with van der Waals surface area (Å²) in [5, 5.41) is 0.163. The first-order chi connectivity index (χ1) is 8.61. The fourth-order valence-electron chi connectivity index (χ4n) is 2.50. The molecule has 1 aliphatic carbocycles. The fourth-order valence-corrected chi connectivity index (χ4v) is 2.62. The number of likely N-dealkylation sites (N-methyl/N-ethyl adjacent to an activating group) is 1. The van der Waals surface area contributed by atoms with Crippen LogP contribution in [0.25, 0.3) is 0 Å². The van der Waals surface area contributed by atoms with E-state index in [1.165, 1.54) is 25.3 Å². The van der Waals surface area contributed by atoms with E-state index in [0.717, 1.165) is 18.0 Å². The van der Waals surface area contributed by atoms with Crippen LogP contribution in [0.1, 0.15) is 30.9 Å². The van der Waals surface area contributed by atoms with Crippen molar-refractivity contribution in [3.8, 4) is 0 Å². The number of halogens is 2. The second-order valence-corrected chi connectivity index (χ2v) is 5.57. The number of nitrogens with two attached hydrogens (primary N) is 1. The average molecular weight is 271 g/mol. The Morgan fingerprint density at radius 1 is 1.50 bits per heavy atom. The first-order valence-corrected chi connectivity index (χ1v) is 6.85. The van der Waals surface area contributed by atoms with Crippen LogP contribution >= 0.6 is 11.6 Å². The summed E-state index contributed by atoms with van der Waals surface area (Å²) in [6, 6.07) is 5.03. The van der Waals surface area contributed by atoms with Gasteiger partial charge in [0.05, 0.1) is 5.02 Å². The monoisotopic (exact) mass is 270 g/mol. The summed E-state index contributed by atoms with van der Waals surface area (Å²) in [5.74, 6) is 0.408. The third kappa shape index (κ3) is 3.02. The van der Waals surface area contributed by atoms with Gasteiger partial charge < -0.3 is 5.73 Å². The molecule has 1 aromatic rings. The van der Waals surface area contributed by atoms with Gasteiger partial charge in [-0.25, -0.2) is 4.39 Å².